The van der Waals surface area contributed by atoms with Crippen molar-refractivity contribution in [1.82, 2.24) is 15.5 Å². The van der Waals surface area contributed by atoms with Crippen molar-refractivity contribution in [1.29, 1.82) is 0 Å². The number of hydrogen-bond donors (Lipinski definition) is 2. The maximum atomic E-state index is 11.6. The van der Waals surface area contributed by atoms with Crippen molar-refractivity contribution in [2.24, 2.45) is 0 Å². The van der Waals surface area contributed by atoms with Crippen LogP contribution in [0.2, 0.25) is 10.0 Å². The molecular weight excluding hydrogens is 303 g/mol. The molecule has 0 aromatic carbocycles. The zero-order valence-electron chi connectivity index (χ0n) is 10.6. The fourth-order valence-corrected chi connectivity index (χ4v) is 1.91. The molecule has 1 amide bonds. The molecule has 2 aromatic rings. The molecule has 0 fully saturated rings. The lowest BCUT2D eigenvalue weighted by Gasteiger charge is -2.07. The van der Waals surface area contributed by atoms with E-state index in [-0.39, 0.29) is 11.7 Å². The summed E-state index contributed by atoms with van der Waals surface area (Å²) >= 11 is 11.7. The Morgan fingerprint density at radius 2 is 2.15 bits per heavy atom. The number of nitrogens with zero attached hydrogens (tertiary/aromatic N) is 2. The molecule has 2 rings (SSSR count). The Balaban J connectivity index is 1.77. The first-order valence-electron chi connectivity index (χ1n) is 5.82. The number of hydrogen-bond acceptors (Lipinski definition) is 5. The van der Waals surface area contributed by atoms with E-state index in [1.165, 1.54) is 6.20 Å². The van der Waals surface area contributed by atoms with Crippen LogP contribution in [0.1, 0.15) is 16.2 Å². The van der Waals surface area contributed by atoms with Gasteiger partial charge in [0.25, 0.3) is 5.91 Å². The SMILES string of the molecule is Cc1cc(C(=O)NCCNc2ncc(Cl)cc2Cl)on1. The maximum absolute atomic E-state index is 11.6. The lowest BCUT2D eigenvalue weighted by atomic mass is 10.3. The molecule has 0 aliphatic rings. The van der Waals surface area contributed by atoms with E-state index in [4.69, 9.17) is 27.7 Å². The van der Waals surface area contributed by atoms with Gasteiger partial charge in [-0.15, -0.1) is 0 Å². The molecule has 0 bridgehead atoms. The Bertz CT molecular complexity index is 615. The zero-order valence-corrected chi connectivity index (χ0v) is 12.1. The van der Waals surface area contributed by atoms with Crippen molar-refractivity contribution < 1.29 is 9.32 Å². The van der Waals surface area contributed by atoms with Crippen LogP contribution in [0.25, 0.3) is 0 Å². The van der Waals surface area contributed by atoms with Crippen LogP contribution in [0.4, 0.5) is 5.82 Å². The molecular formula is C12H12Cl2N4O2. The molecule has 20 heavy (non-hydrogen) atoms. The van der Waals surface area contributed by atoms with E-state index < -0.39 is 0 Å². The van der Waals surface area contributed by atoms with Gasteiger partial charge in [0.05, 0.1) is 15.7 Å². The number of amides is 1. The highest BCUT2D eigenvalue weighted by atomic mass is 35.5. The summed E-state index contributed by atoms with van der Waals surface area (Å²) in [5.41, 5.74) is 0.658. The molecule has 6 nitrogen and oxygen atoms in total. The highest BCUT2D eigenvalue weighted by Crippen LogP contribution is 2.21. The molecule has 0 aliphatic carbocycles. The number of carbonyl (C=O) groups is 1. The van der Waals surface area contributed by atoms with Gasteiger partial charge in [-0.25, -0.2) is 4.98 Å². The molecule has 106 valence electrons. The number of aromatic nitrogens is 2. The summed E-state index contributed by atoms with van der Waals surface area (Å²) in [5, 5.41) is 10.2. The lowest BCUT2D eigenvalue weighted by Crippen LogP contribution is -2.28. The Kier molecular flexibility index (Phi) is 4.81. The summed E-state index contributed by atoms with van der Waals surface area (Å²) in [5.74, 6) is 0.383. The van der Waals surface area contributed by atoms with Gasteiger partial charge in [-0.2, -0.15) is 0 Å². The molecule has 0 unspecified atom stereocenters. The molecule has 0 atom stereocenters. The van der Waals surface area contributed by atoms with E-state index in [1.54, 1.807) is 19.1 Å². The van der Waals surface area contributed by atoms with E-state index in [2.05, 4.69) is 20.8 Å². The number of pyridine rings is 1. The van der Waals surface area contributed by atoms with Crippen LogP contribution < -0.4 is 10.6 Å². The molecule has 0 saturated carbocycles. The molecule has 2 N–H and O–H groups in total. The van der Waals surface area contributed by atoms with Crippen molar-refractivity contribution in [2.75, 3.05) is 18.4 Å². The van der Waals surface area contributed by atoms with Gasteiger partial charge in [0, 0.05) is 25.4 Å². The summed E-state index contributed by atoms with van der Waals surface area (Å²) in [7, 11) is 0. The molecule has 2 heterocycles. The van der Waals surface area contributed by atoms with E-state index in [0.717, 1.165) is 0 Å². The van der Waals surface area contributed by atoms with Gasteiger partial charge in [-0.05, 0) is 13.0 Å². The second-order valence-electron chi connectivity index (χ2n) is 4.00. The minimum absolute atomic E-state index is 0.185. The van der Waals surface area contributed by atoms with Gasteiger partial charge >= 0.3 is 0 Å². The first-order chi connectivity index (χ1) is 9.56. The fraction of sp³-hybridized carbons (Fsp3) is 0.250. The maximum Gasteiger partial charge on any atom is 0.289 e. The van der Waals surface area contributed by atoms with E-state index in [1.807, 2.05) is 0 Å². The van der Waals surface area contributed by atoms with Gasteiger partial charge in [0.1, 0.15) is 5.82 Å². The summed E-state index contributed by atoms with van der Waals surface area (Å²) in [4.78, 5) is 15.7. The van der Waals surface area contributed by atoms with Crippen LogP contribution in [0, 0.1) is 6.92 Å². The predicted octanol–water partition coefficient (Wildman–Crippen LogP) is 2.53. The van der Waals surface area contributed by atoms with Crippen LogP contribution in [0.5, 0.6) is 0 Å². The van der Waals surface area contributed by atoms with Gasteiger partial charge in [-0.1, -0.05) is 28.4 Å². The highest BCUT2D eigenvalue weighted by Gasteiger charge is 2.10. The third kappa shape index (κ3) is 3.85. The minimum atomic E-state index is -0.317. The van der Waals surface area contributed by atoms with Crippen LogP contribution in [0.3, 0.4) is 0 Å². The summed E-state index contributed by atoms with van der Waals surface area (Å²) < 4.78 is 4.84. The largest absolute Gasteiger partial charge is 0.367 e. The topological polar surface area (TPSA) is 80.0 Å². The van der Waals surface area contributed by atoms with Crippen molar-refractivity contribution in [3.05, 3.63) is 39.8 Å². The number of nitrogens with one attached hydrogen (secondary N) is 2. The van der Waals surface area contributed by atoms with Gasteiger partial charge in [-0.3, -0.25) is 4.79 Å². The third-order valence-corrected chi connectivity index (χ3v) is 2.86. The second-order valence-corrected chi connectivity index (χ2v) is 4.84. The first-order valence-corrected chi connectivity index (χ1v) is 6.58. The van der Waals surface area contributed by atoms with Crippen LogP contribution in [-0.4, -0.2) is 29.1 Å². The van der Waals surface area contributed by atoms with Crippen LogP contribution in [0.15, 0.2) is 22.9 Å². The second kappa shape index (κ2) is 6.58. The zero-order chi connectivity index (χ0) is 14.5. The average Bonchev–Trinajstić information content (AvgIpc) is 2.83. The van der Waals surface area contributed by atoms with Crippen molar-refractivity contribution >= 4 is 34.9 Å². The summed E-state index contributed by atoms with van der Waals surface area (Å²) in [6.45, 7) is 2.60. The predicted molar refractivity (Wildman–Crippen MR) is 76.3 cm³/mol. The molecule has 0 saturated heterocycles. The smallest absolute Gasteiger partial charge is 0.289 e. The highest BCUT2D eigenvalue weighted by molar-refractivity contribution is 6.35. The lowest BCUT2D eigenvalue weighted by molar-refractivity contribution is 0.0918. The molecule has 0 spiro atoms. The Morgan fingerprint density at radius 3 is 2.80 bits per heavy atom. The minimum Gasteiger partial charge on any atom is -0.367 e. The fourth-order valence-electron chi connectivity index (χ4n) is 1.46. The van der Waals surface area contributed by atoms with Crippen molar-refractivity contribution in [2.45, 2.75) is 6.92 Å². The molecule has 2 aromatic heterocycles. The number of carbonyl (C=O) groups excluding carboxylic acids is 1. The van der Waals surface area contributed by atoms with Crippen molar-refractivity contribution in [3.8, 4) is 0 Å². The van der Waals surface area contributed by atoms with Crippen molar-refractivity contribution in [3.63, 3.8) is 0 Å². The molecule has 0 radical (unpaired) electrons. The number of anilines is 1. The van der Waals surface area contributed by atoms with E-state index in [9.17, 15) is 4.79 Å². The number of aryl methyl sites for hydroxylation is 1. The third-order valence-electron chi connectivity index (χ3n) is 2.36. The Labute approximate surface area is 125 Å². The standard InChI is InChI=1S/C12H12Cl2N4O2/c1-7-4-10(20-18-7)12(19)16-3-2-15-11-9(14)5-8(13)6-17-11/h4-6H,2-3H2,1H3,(H,15,17)(H,16,19). The summed E-state index contributed by atoms with van der Waals surface area (Å²) in [6.07, 6.45) is 1.49. The number of halogens is 2. The molecule has 8 heteroatoms. The van der Waals surface area contributed by atoms with E-state index >= 15 is 0 Å². The van der Waals surface area contributed by atoms with Gasteiger partial charge in [0.2, 0.25) is 5.76 Å². The van der Waals surface area contributed by atoms with Crippen LogP contribution >= 0.6 is 23.2 Å². The quantitative estimate of drug-likeness (QED) is 0.829. The molecule has 0 aliphatic heterocycles. The monoisotopic (exact) mass is 314 g/mol. The average molecular weight is 315 g/mol. The number of rotatable bonds is 5. The van der Waals surface area contributed by atoms with Gasteiger partial charge in [0.15, 0.2) is 0 Å². The first kappa shape index (κ1) is 14.6. The Morgan fingerprint density at radius 1 is 1.35 bits per heavy atom. The van der Waals surface area contributed by atoms with Crippen LogP contribution in [-0.2, 0) is 0 Å². The van der Waals surface area contributed by atoms with E-state index in [0.29, 0.717) is 34.6 Å². The summed E-state index contributed by atoms with van der Waals surface area (Å²) in [6, 6.07) is 3.16. The Hall–Kier alpha value is -1.79. The normalized spacial score (nSPS) is 10.3. The van der Waals surface area contributed by atoms with Gasteiger partial charge < -0.3 is 15.2 Å².